The zero-order valence-electron chi connectivity index (χ0n) is 12.3. The standard InChI is InChI=1S/C18H24ClN/c1-17-8-13-6-14(9-17)11-18(10-13,12-17)16(19)7-15-4-2-3-5-20-15/h2-5,13-14,16H,6-12H2,1H3. The van der Waals surface area contributed by atoms with Crippen LogP contribution in [-0.2, 0) is 6.42 Å². The Hall–Kier alpha value is -0.560. The van der Waals surface area contributed by atoms with Gasteiger partial charge in [-0.3, -0.25) is 4.98 Å². The summed E-state index contributed by atoms with van der Waals surface area (Å²) in [6, 6.07) is 6.18. The first-order valence-electron chi connectivity index (χ1n) is 8.11. The average Bonchev–Trinajstić information content (AvgIpc) is 2.37. The Morgan fingerprint density at radius 3 is 2.60 bits per heavy atom. The molecule has 0 aliphatic heterocycles. The number of hydrogen-bond acceptors (Lipinski definition) is 1. The molecule has 1 nitrogen and oxygen atoms in total. The van der Waals surface area contributed by atoms with Crippen molar-refractivity contribution in [3.05, 3.63) is 30.1 Å². The maximum atomic E-state index is 6.96. The third-order valence-electron chi connectivity index (χ3n) is 6.18. The lowest BCUT2D eigenvalue weighted by atomic mass is 9.44. The molecule has 20 heavy (non-hydrogen) atoms. The fourth-order valence-electron chi connectivity index (χ4n) is 6.08. The van der Waals surface area contributed by atoms with E-state index in [4.69, 9.17) is 11.6 Å². The van der Waals surface area contributed by atoms with Crippen LogP contribution in [0.2, 0.25) is 0 Å². The molecular weight excluding hydrogens is 266 g/mol. The maximum Gasteiger partial charge on any atom is 0.0448 e. The summed E-state index contributed by atoms with van der Waals surface area (Å²) >= 11 is 6.96. The highest BCUT2D eigenvalue weighted by molar-refractivity contribution is 6.21. The fraction of sp³-hybridized carbons (Fsp3) is 0.722. The van der Waals surface area contributed by atoms with Crippen molar-refractivity contribution in [2.75, 3.05) is 0 Å². The Balaban J connectivity index is 1.58. The van der Waals surface area contributed by atoms with E-state index in [-0.39, 0.29) is 5.38 Å². The lowest BCUT2D eigenvalue weighted by molar-refractivity contribution is -0.103. The highest BCUT2D eigenvalue weighted by Gasteiger charge is 2.57. The number of alkyl halides is 1. The monoisotopic (exact) mass is 289 g/mol. The van der Waals surface area contributed by atoms with E-state index in [1.807, 2.05) is 12.3 Å². The summed E-state index contributed by atoms with van der Waals surface area (Å²) in [5, 5.41) is 0.266. The molecule has 0 spiro atoms. The van der Waals surface area contributed by atoms with Crippen LogP contribution in [0.25, 0.3) is 0 Å². The van der Waals surface area contributed by atoms with Crippen LogP contribution < -0.4 is 0 Å². The molecule has 4 saturated carbocycles. The molecule has 0 saturated heterocycles. The first-order chi connectivity index (χ1) is 9.57. The highest BCUT2D eigenvalue weighted by Crippen LogP contribution is 2.67. The minimum atomic E-state index is 0.266. The molecule has 4 bridgehead atoms. The predicted molar refractivity (Wildman–Crippen MR) is 82.8 cm³/mol. The van der Waals surface area contributed by atoms with E-state index in [1.54, 1.807) is 0 Å². The third kappa shape index (κ3) is 2.09. The molecule has 0 radical (unpaired) electrons. The molecule has 3 unspecified atom stereocenters. The lowest BCUT2D eigenvalue weighted by Crippen LogP contribution is -2.54. The van der Waals surface area contributed by atoms with E-state index >= 15 is 0 Å². The van der Waals surface area contributed by atoms with E-state index < -0.39 is 0 Å². The average molecular weight is 290 g/mol. The normalized spacial score (nSPS) is 43.7. The van der Waals surface area contributed by atoms with Crippen LogP contribution in [0, 0.1) is 22.7 Å². The molecular formula is C18H24ClN. The number of aromatic nitrogens is 1. The van der Waals surface area contributed by atoms with Crippen molar-refractivity contribution in [3.8, 4) is 0 Å². The van der Waals surface area contributed by atoms with Crippen molar-refractivity contribution in [1.29, 1.82) is 0 Å². The van der Waals surface area contributed by atoms with E-state index in [0.717, 1.165) is 24.0 Å². The number of hydrogen-bond donors (Lipinski definition) is 0. The molecule has 0 N–H and O–H groups in total. The van der Waals surface area contributed by atoms with Gasteiger partial charge in [-0.2, -0.15) is 0 Å². The van der Waals surface area contributed by atoms with Gasteiger partial charge >= 0.3 is 0 Å². The van der Waals surface area contributed by atoms with Gasteiger partial charge in [0, 0.05) is 23.7 Å². The van der Waals surface area contributed by atoms with Crippen molar-refractivity contribution in [1.82, 2.24) is 4.98 Å². The molecule has 4 fully saturated rings. The molecule has 1 heterocycles. The molecule has 4 aliphatic rings. The molecule has 1 aromatic heterocycles. The van der Waals surface area contributed by atoms with Crippen molar-refractivity contribution in [3.63, 3.8) is 0 Å². The number of nitrogens with zero attached hydrogens (tertiary/aromatic N) is 1. The molecule has 1 aromatic rings. The Kier molecular flexibility index (Phi) is 2.93. The van der Waals surface area contributed by atoms with Crippen LogP contribution >= 0.6 is 11.6 Å². The van der Waals surface area contributed by atoms with Gasteiger partial charge in [-0.05, 0) is 73.3 Å². The number of rotatable bonds is 3. The second-order valence-electron chi connectivity index (χ2n) is 8.13. The van der Waals surface area contributed by atoms with Gasteiger partial charge in [0.15, 0.2) is 0 Å². The fourth-order valence-corrected chi connectivity index (χ4v) is 6.50. The van der Waals surface area contributed by atoms with Crippen molar-refractivity contribution < 1.29 is 0 Å². The van der Waals surface area contributed by atoms with Crippen LogP contribution in [0.5, 0.6) is 0 Å². The molecule has 3 atom stereocenters. The summed E-state index contributed by atoms with van der Waals surface area (Å²) in [6.45, 7) is 2.52. The minimum absolute atomic E-state index is 0.266. The number of pyridine rings is 1. The van der Waals surface area contributed by atoms with Crippen LogP contribution in [0.3, 0.4) is 0 Å². The van der Waals surface area contributed by atoms with Gasteiger partial charge in [0.1, 0.15) is 0 Å². The second kappa shape index (κ2) is 4.47. The molecule has 2 heteroatoms. The van der Waals surface area contributed by atoms with Crippen LogP contribution in [0.4, 0.5) is 0 Å². The van der Waals surface area contributed by atoms with Gasteiger partial charge in [0.25, 0.3) is 0 Å². The Morgan fingerprint density at radius 1 is 1.25 bits per heavy atom. The second-order valence-corrected chi connectivity index (χ2v) is 8.65. The lowest BCUT2D eigenvalue weighted by Gasteiger charge is -2.62. The maximum absolute atomic E-state index is 6.96. The zero-order valence-corrected chi connectivity index (χ0v) is 13.1. The van der Waals surface area contributed by atoms with Crippen molar-refractivity contribution in [2.24, 2.45) is 22.7 Å². The largest absolute Gasteiger partial charge is 0.261 e. The van der Waals surface area contributed by atoms with E-state index in [2.05, 4.69) is 24.0 Å². The SMILES string of the molecule is CC12CC3CC(C1)CC(C(Cl)Cc1ccccn1)(C3)C2. The highest BCUT2D eigenvalue weighted by atomic mass is 35.5. The summed E-state index contributed by atoms with van der Waals surface area (Å²) in [5.74, 6) is 1.90. The Bertz CT molecular complexity index is 483. The molecule has 0 amide bonds. The van der Waals surface area contributed by atoms with Crippen molar-refractivity contribution in [2.45, 2.75) is 57.2 Å². The van der Waals surface area contributed by atoms with Crippen molar-refractivity contribution >= 4 is 11.6 Å². The van der Waals surface area contributed by atoms with Crippen LogP contribution in [0.1, 0.15) is 51.1 Å². The van der Waals surface area contributed by atoms with Gasteiger partial charge in [-0.15, -0.1) is 11.6 Å². The zero-order chi connectivity index (χ0) is 13.8. The van der Waals surface area contributed by atoms with E-state index in [0.29, 0.717) is 10.8 Å². The molecule has 0 aromatic carbocycles. The summed E-state index contributed by atoms with van der Waals surface area (Å²) in [5.41, 5.74) is 2.15. The Morgan fingerprint density at radius 2 is 2.00 bits per heavy atom. The quantitative estimate of drug-likeness (QED) is 0.726. The van der Waals surface area contributed by atoms with Gasteiger partial charge in [-0.25, -0.2) is 0 Å². The molecule has 108 valence electrons. The molecule has 4 aliphatic carbocycles. The molecule has 5 rings (SSSR count). The van der Waals surface area contributed by atoms with Crippen LogP contribution in [-0.4, -0.2) is 10.4 Å². The summed E-state index contributed by atoms with van der Waals surface area (Å²) in [4.78, 5) is 4.48. The smallest absolute Gasteiger partial charge is 0.0448 e. The third-order valence-corrected chi connectivity index (χ3v) is 6.80. The summed E-state index contributed by atoms with van der Waals surface area (Å²) in [6.07, 6.45) is 11.3. The van der Waals surface area contributed by atoms with Gasteiger partial charge in [0.05, 0.1) is 0 Å². The number of halogens is 1. The van der Waals surface area contributed by atoms with Gasteiger partial charge < -0.3 is 0 Å². The van der Waals surface area contributed by atoms with Crippen LogP contribution in [0.15, 0.2) is 24.4 Å². The van der Waals surface area contributed by atoms with Gasteiger partial charge in [0.2, 0.25) is 0 Å². The Labute approximate surface area is 127 Å². The topological polar surface area (TPSA) is 12.9 Å². The van der Waals surface area contributed by atoms with E-state index in [9.17, 15) is 0 Å². The summed E-state index contributed by atoms with van der Waals surface area (Å²) in [7, 11) is 0. The predicted octanol–water partition coefficient (Wildman–Crippen LogP) is 4.84. The first kappa shape index (κ1) is 13.1. The minimum Gasteiger partial charge on any atom is -0.261 e. The summed E-state index contributed by atoms with van der Waals surface area (Å²) < 4.78 is 0. The van der Waals surface area contributed by atoms with E-state index in [1.165, 1.54) is 38.5 Å². The van der Waals surface area contributed by atoms with Gasteiger partial charge in [-0.1, -0.05) is 13.0 Å². The first-order valence-corrected chi connectivity index (χ1v) is 8.55.